The second kappa shape index (κ2) is 6.59. The predicted octanol–water partition coefficient (Wildman–Crippen LogP) is 5.07. The van der Waals surface area contributed by atoms with E-state index < -0.39 is 20.8 Å². The first-order valence-electron chi connectivity index (χ1n) is 8.21. The Hall–Kier alpha value is -3.49. The summed E-state index contributed by atoms with van der Waals surface area (Å²) >= 11 is 0. The fourth-order valence-corrected chi connectivity index (χ4v) is 3.89. The van der Waals surface area contributed by atoms with E-state index in [0.29, 0.717) is 10.8 Å². The van der Waals surface area contributed by atoms with Gasteiger partial charge in [0.2, 0.25) is 0 Å². The molecule has 0 bridgehead atoms. The van der Waals surface area contributed by atoms with Gasteiger partial charge in [-0.05, 0) is 22.9 Å². The average molecular weight is 394 g/mol. The molecule has 0 atom stereocenters. The SMILES string of the molecule is O=S(=O)(O)c1c(O)c(N=Nc2c(O)ccc3ccccc23)cc2ccccc12. The average Bonchev–Trinajstić information content (AvgIpc) is 2.66. The van der Waals surface area contributed by atoms with E-state index in [0.717, 1.165) is 5.39 Å². The van der Waals surface area contributed by atoms with Gasteiger partial charge in [-0.2, -0.15) is 8.42 Å². The van der Waals surface area contributed by atoms with E-state index in [1.165, 1.54) is 18.2 Å². The summed E-state index contributed by atoms with van der Waals surface area (Å²) in [6.45, 7) is 0. The minimum absolute atomic E-state index is 0.113. The summed E-state index contributed by atoms with van der Waals surface area (Å²) < 4.78 is 33.2. The molecule has 140 valence electrons. The van der Waals surface area contributed by atoms with Crippen molar-refractivity contribution in [3.8, 4) is 11.5 Å². The van der Waals surface area contributed by atoms with Crippen LogP contribution >= 0.6 is 0 Å². The molecule has 0 fully saturated rings. The van der Waals surface area contributed by atoms with Gasteiger partial charge in [-0.15, -0.1) is 10.2 Å². The van der Waals surface area contributed by atoms with E-state index in [1.807, 2.05) is 12.1 Å². The van der Waals surface area contributed by atoms with Crippen molar-refractivity contribution in [2.24, 2.45) is 10.2 Å². The lowest BCUT2D eigenvalue weighted by atomic mass is 10.1. The van der Waals surface area contributed by atoms with Crippen LogP contribution in [0, 0.1) is 0 Å². The number of fused-ring (bicyclic) bond motifs is 2. The predicted molar refractivity (Wildman–Crippen MR) is 105 cm³/mol. The van der Waals surface area contributed by atoms with Gasteiger partial charge in [0.15, 0.2) is 5.75 Å². The first-order chi connectivity index (χ1) is 13.4. The van der Waals surface area contributed by atoms with E-state index in [2.05, 4.69) is 10.2 Å². The molecule has 7 nitrogen and oxygen atoms in total. The molecule has 0 unspecified atom stereocenters. The number of azo groups is 1. The van der Waals surface area contributed by atoms with Gasteiger partial charge in [0, 0.05) is 10.8 Å². The van der Waals surface area contributed by atoms with Crippen molar-refractivity contribution in [2.75, 3.05) is 0 Å². The van der Waals surface area contributed by atoms with Crippen molar-refractivity contribution in [1.82, 2.24) is 0 Å². The van der Waals surface area contributed by atoms with Crippen LogP contribution in [-0.4, -0.2) is 23.2 Å². The van der Waals surface area contributed by atoms with E-state index in [1.54, 1.807) is 36.4 Å². The Balaban J connectivity index is 1.95. The molecule has 0 heterocycles. The van der Waals surface area contributed by atoms with Crippen LogP contribution in [-0.2, 0) is 10.1 Å². The lowest BCUT2D eigenvalue weighted by molar-refractivity contribution is 0.446. The zero-order valence-electron chi connectivity index (χ0n) is 14.3. The van der Waals surface area contributed by atoms with Crippen molar-refractivity contribution >= 4 is 43.0 Å². The van der Waals surface area contributed by atoms with Crippen LogP contribution in [0.1, 0.15) is 0 Å². The quantitative estimate of drug-likeness (QED) is 0.331. The number of rotatable bonds is 3. The minimum Gasteiger partial charge on any atom is -0.506 e. The van der Waals surface area contributed by atoms with Gasteiger partial charge in [-0.1, -0.05) is 54.6 Å². The summed E-state index contributed by atoms with van der Waals surface area (Å²) in [5.41, 5.74) is 0.0257. The molecule has 28 heavy (non-hydrogen) atoms. The van der Waals surface area contributed by atoms with Crippen LogP contribution in [0.5, 0.6) is 11.5 Å². The Labute approximate surface area is 160 Å². The number of hydrogen-bond acceptors (Lipinski definition) is 6. The van der Waals surface area contributed by atoms with Gasteiger partial charge in [-0.25, -0.2) is 0 Å². The smallest absolute Gasteiger partial charge is 0.298 e. The summed E-state index contributed by atoms with van der Waals surface area (Å²) in [4.78, 5) is -0.637. The highest BCUT2D eigenvalue weighted by atomic mass is 32.2. The zero-order chi connectivity index (χ0) is 19.9. The van der Waals surface area contributed by atoms with Crippen molar-refractivity contribution in [3.05, 3.63) is 66.7 Å². The third-order valence-electron chi connectivity index (χ3n) is 4.35. The van der Waals surface area contributed by atoms with Crippen molar-refractivity contribution in [2.45, 2.75) is 4.90 Å². The molecule has 4 aromatic rings. The summed E-state index contributed by atoms with van der Waals surface area (Å²) in [5.74, 6) is -0.831. The number of nitrogens with zero attached hydrogens (tertiary/aromatic N) is 2. The van der Waals surface area contributed by atoms with Crippen LogP contribution in [0.2, 0.25) is 0 Å². The van der Waals surface area contributed by atoms with Crippen molar-refractivity contribution in [3.63, 3.8) is 0 Å². The van der Waals surface area contributed by atoms with Crippen molar-refractivity contribution in [1.29, 1.82) is 0 Å². The molecule has 0 saturated heterocycles. The van der Waals surface area contributed by atoms with Gasteiger partial charge < -0.3 is 10.2 Å². The molecule has 0 radical (unpaired) electrons. The molecule has 4 aromatic carbocycles. The Kier molecular flexibility index (Phi) is 4.21. The number of phenolic OH excluding ortho intramolecular Hbond substituents is 2. The molecule has 8 heteroatoms. The molecule has 0 aliphatic rings. The maximum absolute atomic E-state index is 11.8. The Morgan fingerprint density at radius 1 is 0.750 bits per heavy atom. The maximum atomic E-state index is 11.8. The number of phenols is 2. The first kappa shape index (κ1) is 17.9. The Bertz CT molecular complexity index is 1360. The molecule has 4 rings (SSSR count). The van der Waals surface area contributed by atoms with Crippen LogP contribution < -0.4 is 0 Å². The molecule has 0 aliphatic carbocycles. The van der Waals surface area contributed by atoms with E-state index in [-0.39, 0.29) is 22.5 Å². The van der Waals surface area contributed by atoms with Gasteiger partial charge in [-0.3, -0.25) is 4.55 Å². The summed E-state index contributed by atoms with van der Waals surface area (Å²) in [6.07, 6.45) is 0. The topological polar surface area (TPSA) is 120 Å². The number of hydrogen-bond donors (Lipinski definition) is 3. The highest BCUT2D eigenvalue weighted by molar-refractivity contribution is 7.86. The van der Waals surface area contributed by atoms with Gasteiger partial charge >= 0.3 is 0 Å². The molecular formula is C20H14N2O5S. The van der Waals surface area contributed by atoms with E-state index >= 15 is 0 Å². The number of aromatic hydroxyl groups is 2. The van der Waals surface area contributed by atoms with Gasteiger partial charge in [0.05, 0.1) is 0 Å². The molecule has 3 N–H and O–H groups in total. The van der Waals surface area contributed by atoms with Crippen molar-refractivity contribution < 1.29 is 23.2 Å². The fourth-order valence-electron chi connectivity index (χ4n) is 3.08. The van der Waals surface area contributed by atoms with Crippen LogP contribution in [0.25, 0.3) is 21.5 Å². The lowest BCUT2D eigenvalue weighted by Crippen LogP contribution is -2.00. The second-order valence-electron chi connectivity index (χ2n) is 6.12. The lowest BCUT2D eigenvalue weighted by Gasteiger charge is -2.09. The molecule has 0 spiro atoms. The minimum atomic E-state index is -4.71. The van der Waals surface area contributed by atoms with Gasteiger partial charge in [0.1, 0.15) is 22.0 Å². The molecule has 0 aliphatic heterocycles. The maximum Gasteiger partial charge on any atom is 0.298 e. The largest absolute Gasteiger partial charge is 0.506 e. The highest BCUT2D eigenvalue weighted by Crippen LogP contribution is 2.42. The third-order valence-corrected chi connectivity index (χ3v) is 5.28. The molecule has 0 amide bonds. The molecular weight excluding hydrogens is 380 g/mol. The summed E-state index contributed by atoms with van der Waals surface area (Å²) in [5, 5.41) is 30.7. The highest BCUT2D eigenvalue weighted by Gasteiger charge is 2.22. The third kappa shape index (κ3) is 3.04. The van der Waals surface area contributed by atoms with Crippen LogP contribution in [0.15, 0.2) is 81.9 Å². The fraction of sp³-hybridized carbons (Fsp3) is 0. The zero-order valence-corrected chi connectivity index (χ0v) is 15.1. The van der Waals surface area contributed by atoms with Crippen LogP contribution in [0.4, 0.5) is 11.4 Å². The molecule has 0 saturated carbocycles. The van der Waals surface area contributed by atoms with Crippen LogP contribution in [0.3, 0.4) is 0 Å². The van der Waals surface area contributed by atoms with E-state index in [9.17, 15) is 23.2 Å². The van der Waals surface area contributed by atoms with E-state index in [4.69, 9.17) is 0 Å². The van der Waals surface area contributed by atoms with Gasteiger partial charge in [0.25, 0.3) is 10.1 Å². The summed E-state index contributed by atoms with van der Waals surface area (Å²) in [6, 6.07) is 18.2. The Morgan fingerprint density at radius 3 is 2.11 bits per heavy atom. The second-order valence-corrected chi connectivity index (χ2v) is 7.48. The Morgan fingerprint density at radius 2 is 1.39 bits per heavy atom. The number of benzene rings is 4. The summed E-state index contributed by atoms with van der Waals surface area (Å²) in [7, 11) is -4.71. The first-order valence-corrected chi connectivity index (χ1v) is 9.65. The standard InChI is InChI=1S/C20H14N2O5S/c23-17-10-9-12-5-1-3-7-14(12)18(17)22-21-16-11-13-6-2-4-8-15(13)20(19(16)24)28(25,26)27/h1-11,23-24H,(H,25,26,27). The molecule has 0 aromatic heterocycles. The normalized spacial score (nSPS) is 12.2. The monoisotopic (exact) mass is 394 g/mol.